The van der Waals surface area contributed by atoms with Crippen molar-refractivity contribution >= 4 is 28.6 Å². The van der Waals surface area contributed by atoms with Gasteiger partial charge in [0.1, 0.15) is 23.5 Å². The van der Waals surface area contributed by atoms with E-state index in [1.54, 1.807) is 43.3 Å². The number of aryl methyl sites for hydroxylation is 1. The van der Waals surface area contributed by atoms with Crippen LogP contribution in [0.2, 0.25) is 0 Å². The van der Waals surface area contributed by atoms with Gasteiger partial charge in [-0.05, 0) is 31.2 Å². The van der Waals surface area contributed by atoms with Crippen molar-refractivity contribution in [1.82, 2.24) is 9.55 Å². The number of nitrogens with one attached hydrogen (secondary N) is 1. The molecule has 0 unspecified atom stereocenters. The van der Waals surface area contributed by atoms with Gasteiger partial charge in [-0.2, -0.15) is 0 Å². The van der Waals surface area contributed by atoms with E-state index in [0.29, 0.717) is 22.8 Å². The normalized spacial score (nSPS) is 10.5. The van der Waals surface area contributed by atoms with Crippen LogP contribution in [-0.4, -0.2) is 35.6 Å². The molecule has 1 N–H and O–H groups in total. The van der Waals surface area contributed by atoms with Crippen LogP contribution in [0, 0.1) is 6.92 Å². The minimum atomic E-state index is -0.772. The minimum Gasteiger partial charge on any atom is -0.495 e. The third-order valence-electron chi connectivity index (χ3n) is 4.16. The van der Waals surface area contributed by atoms with E-state index >= 15 is 0 Å². The van der Waals surface area contributed by atoms with Crippen molar-refractivity contribution in [3.05, 3.63) is 64.1 Å². The van der Waals surface area contributed by atoms with Crippen LogP contribution in [0.5, 0.6) is 5.75 Å². The zero-order valence-corrected chi connectivity index (χ0v) is 15.7. The van der Waals surface area contributed by atoms with Gasteiger partial charge in [0, 0.05) is 11.9 Å². The van der Waals surface area contributed by atoms with Crippen LogP contribution in [-0.2, 0) is 16.1 Å². The van der Waals surface area contributed by atoms with Gasteiger partial charge in [-0.25, -0.2) is 9.78 Å². The fraction of sp³-hybridized carbons (Fsp3) is 0.200. The summed E-state index contributed by atoms with van der Waals surface area (Å²) >= 11 is 0. The molecule has 0 spiro atoms. The average Bonchev–Trinajstić information content (AvgIpc) is 2.69. The second-order valence-corrected chi connectivity index (χ2v) is 6.06. The van der Waals surface area contributed by atoms with Crippen LogP contribution in [0.4, 0.5) is 5.69 Å². The molecule has 0 saturated heterocycles. The number of methoxy groups -OCH3 is 2. The van der Waals surface area contributed by atoms with Gasteiger partial charge in [0.2, 0.25) is 11.3 Å². The average molecular weight is 381 g/mol. The molecular weight excluding hydrogens is 362 g/mol. The monoisotopic (exact) mass is 381 g/mol. The Hall–Kier alpha value is -3.68. The van der Waals surface area contributed by atoms with E-state index in [2.05, 4.69) is 15.0 Å². The van der Waals surface area contributed by atoms with Gasteiger partial charge in [-0.3, -0.25) is 9.59 Å². The Morgan fingerprint density at radius 3 is 2.61 bits per heavy atom. The molecule has 8 heteroatoms. The van der Waals surface area contributed by atoms with Gasteiger partial charge in [-0.1, -0.05) is 12.1 Å². The smallest absolute Gasteiger partial charge is 0.343 e. The second kappa shape index (κ2) is 7.91. The topological polar surface area (TPSA) is 99.5 Å². The number of anilines is 1. The number of esters is 1. The van der Waals surface area contributed by atoms with Gasteiger partial charge < -0.3 is 19.4 Å². The Kier molecular flexibility index (Phi) is 5.39. The maximum Gasteiger partial charge on any atom is 0.343 e. The third kappa shape index (κ3) is 3.71. The second-order valence-electron chi connectivity index (χ2n) is 6.06. The Morgan fingerprint density at radius 2 is 1.89 bits per heavy atom. The lowest BCUT2D eigenvalue weighted by atomic mass is 10.2. The van der Waals surface area contributed by atoms with Crippen LogP contribution in [0.15, 0.2) is 47.4 Å². The van der Waals surface area contributed by atoms with Crippen molar-refractivity contribution in [2.24, 2.45) is 0 Å². The lowest BCUT2D eigenvalue weighted by molar-refractivity contribution is -0.116. The van der Waals surface area contributed by atoms with Gasteiger partial charge in [0.25, 0.3) is 0 Å². The van der Waals surface area contributed by atoms with Crippen LogP contribution in [0.3, 0.4) is 0 Å². The summed E-state index contributed by atoms with van der Waals surface area (Å²) in [4.78, 5) is 41.5. The molecule has 0 saturated carbocycles. The summed E-state index contributed by atoms with van der Waals surface area (Å²) in [5.74, 6) is -0.621. The summed E-state index contributed by atoms with van der Waals surface area (Å²) in [5.41, 5.74) is 0.851. The van der Waals surface area contributed by atoms with Crippen molar-refractivity contribution in [2.75, 3.05) is 19.5 Å². The Morgan fingerprint density at radius 1 is 1.14 bits per heavy atom. The fourth-order valence-electron chi connectivity index (χ4n) is 2.83. The summed E-state index contributed by atoms with van der Waals surface area (Å²) in [6.07, 6.45) is 1.30. The van der Waals surface area contributed by atoms with E-state index in [0.717, 1.165) is 0 Å². The van der Waals surface area contributed by atoms with Crippen molar-refractivity contribution in [1.29, 1.82) is 0 Å². The number of rotatable bonds is 5. The first kappa shape index (κ1) is 19.1. The number of carbonyl (C=O) groups is 2. The number of fused-ring (bicyclic) bond motifs is 1. The quantitative estimate of drug-likeness (QED) is 0.680. The zero-order chi connectivity index (χ0) is 20.3. The summed E-state index contributed by atoms with van der Waals surface area (Å²) in [6.45, 7) is 1.62. The van der Waals surface area contributed by atoms with Crippen LogP contribution >= 0.6 is 0 Å². The molecule has 2 heterocycles. The number of nitrogens with zero attached hydrogens (tertiary/aromatic N) is 2. The van der Waals surface area contributed by atoms with Gasteiger partial charge >= 0.3 is 5.97 Å². The number of carbonyl (C=O) groups excluding carboxylic acids is 2. The van der Waals surface area contributed by atoms with E-state index in [9.17, 15) is 14.4 Å². The summed E-state index contributed by atoms with van der Waals surface area (Å²) in [6, 6.07) is 10.3. The molecule has 0 radical (unpaired) electrons. The lowest BCUT2D eigenvalue weighted by Gasteiger charge is -2.14. The first-order valence-electron chi connectivity index (χ1n) is 8.46. The van der Waals surface area contributed by atoms with Crippen LogP contribution < -0.4 is 15.5 Å². The van der Waals surface area contributed by atoms with Gasteiger partial charge in [-0.15, -0.1) is 0 Å². The SMILES string of the molecule is COC(=O)c1cn(CC(=O)Nc2ccccc2OC)c2nc(C)ccc2c1=O. The highest BCUT2D eigenvalue weighted by atomic mass is 16.5. The molecular formula is C20H19N3O5. The van der Waals surface area contributed by atoms with Crippen molar-refractivity contribution in [2.45, 2.75) is 13.5 Å². The van der Waals surface area contributed by atoms with E-state index in [1.165, 1.54) is 25.0 Å². The third-order valence-corrected chi connectivity index (χ3v) is 4.16. The number of amides is 1. The first-order valence-corrected chi connectivity index (χ1v) is 8.46. The first-order chi connectivity index (χ1) is 13.4. The van der Waals surface area contributed by atoms with Crippen LogP contribution in [0.1, 0.15) is 16.1 Å². The summed E-state index contributed by atoms with van der Waals surface area (Å²) in [7, 11) is 2.70. The van der Waals surface area contributed by atoms with E-state index in [4.69, 9.17) is 4.74 Å². The Labute approximate surface area is 160 Å². The molecule has 1 aromatic carbocycles. The van der Waals surface area contributed by atoms with Crippen molar-refractivity contribution in [3.8, 4) is 5.75 Å². The van der Waals surface area contributed by atoms with Gasteiger partial charge in [0.05, 0.1) is 25.3 Å². The van der Waals surface area contributed by atoms with E-state index in [1.807, 2.05) is 0 Å². The zero-order valence-electron chi connectivity index (χ0n) is 15.7. The van der Waals surface area contributed by atoms with E-state index in [-0.39, 0.29) is 23.4 Å². The fourth-order valence-corrected chi connectivity index (χ4v) is 2.83. The maximum absolute atomic E-state index is 12.6. The summed E-state index contributed by atoms with van der Waals surface area (Å²) < 4.78 is 11.4. The predicted octanol–water partition coefficient (Wildman–Crippen LogP) is 2.14. The van der Waals surface area contributed by atoms with Crippen LogP contribution in [0.25, 0.3) is 11.0 Å². The molecule has 3 aromatic rings. The summed E-state index contributed by atoms with van der Waals surface area (Å²) in [5, 5.41) is 2.99. The molecule has 0 aliphatic carbocycles. The molecule has 0 aliphatic rings. The highest BCUT2D eigenvalue weighted by Gasteiger charge is 2.18. The predicted molar refractivity (Wildman–Crippen MR) is 104 cm³/mol. The number of benzene rings is 1. The lowest BCUT2D eigenvalue weighted by Crippen LogP contribution is -2.25. The molecule has 3 rings (SSSR count). The molecule has 0 bridgehead atoms. The standard InChI is InChI=1S/C20H19N3O5/c1-12-8-9-13-18(25)14(20(26)28-3)10-23(19(13)21-12)11-17(24)22-15-6-4-5-7-16(15)27-2/h4-10H,11H2,1-3H3,(H,22,24). The molecule has 0 fully saturated rings. The molecule has 0 aliphatic heterocycles. The number of aromatic nitrogens is 2. The Bertz CT molecular complexity index is 1120. The van der Waals surface area contributed by atoms with E-state index < -0.39 is 11.4 Å². The minimum absolute atomic E-state index is 0.157. The molecule has 8 nitrogen and oxygen atoms in total. The number of pyridine rings is 2. The Balaban J connectivity index is 2.03. The number of hydrogen-bond acceptors (Lipinski definition) is 6. The maximum atomic E-state index is 12.6. The molecule has 1 amide bonds. The highest BCUT2D eigenvalue weighted by Crippen LogP contribution is 2.23. The molecule has 144 valence electrons. The number of para-hydroxylation sites is 2. The number of hydrogen-bond donors (Lipinski definition) is 1. The van der Waals surface area contributed by atoms with Crippen molar-refractivity contribution in [3.63, 3.8) is 0 Å². The largest absolute Gasteiger partial charge is 0.495 e. The molecule has 2 aromatic heterocycles. The van der Waals surface area contributed by atoms with Gasteiger partial charge in [0.15, 0.2) is 0 Å². The highest BCUT2D eigenvalue weighted by molar-refractivity contribution is 5.95. The molecule has 28 heavy (non-hydrogen) atoms. The number of ether oxygens (including phenoxy) is 2. The molecule has 0 atom stereocenters. The van der Waals surface area contributed by atoms with Crippen molar-refractivity contribution < 1.29 is 19.1 Å².